The van der Waals surface area contributed by atoms with Crippen molar-refractivity contribution in [3.05, 3.63) is 35.8 Å². The van der Waals surface area contributed by atoms with E-state index in [4.69, 9.17) is 0 Å². The fourth-order valence-corrected chi connectivity index (χ4v) is 3.88. The molecule has 26 heavy (non-hydrogen) atoms. The highest BCUT2D eigenvalue weighted by Gasteiger charge is 2.25. The van der Waals surface area contributed by atoms with Gasteiger partial charge >= 0.3 is 0 Å². The van der Waals surface area contributed by atoms with Crippen molar-refractivity contribution in [1.29, 1.82) is 0 Å². The van der Waals surface area contributed by atoms with Gasteiger partial charge in [0.2, 0.25) is 5.13 Å². The number of hydrogen-bond acceptors (Lipinski definition) is 5. The minimum atomic E-state index is 0. The Labute approximate surface area is 171 Å². The first kappa shape index (κ1) is 21.0. The minimum absolute atomic E-state index is 0. The van der Waals surface area contributed by atoms with Crippen LogP contribution in [-0.4, -0.2) is 49.2 Å². The molecule has 0 amide bonds. The molecule has 5 nitrogen and oxygen atoms in total. The van der Waals surface area contributed by atoms with Crippen molar-refractivity contribution < 1.29 is 21.5 Å². The van der Waals surface area contributed by atoms with Crippen molar-refractivity contribution in [2.75, 3.05) is 44.7 Å². The normalized spacial score (nSPS) is 16.4. The third kappa shape index (κ3) is 5.86. The van der Waals surface area contributed by atoms with Gasteiger partial charge in [-0.05, 0) is 50.5 Å². The summed E-state index contributed by atoms with van der Waals surface area (Å²) < 4.78 is 1.22. The maximum Gasteiger partial charge on any atom is 0.229 e. The van der Waals surface area contributed by atoms with E-state index < -0.39 is 0 Å². The number of quaternary nitrogens is 1. The Bertz CT molecular complexity index is 666. The van der Waals surface area contributed by atoms with E-state index in [2.05, 4.69) is 46.2 Å². The smallest absolute Gasteiger partial charge is 0.229 e. The molecule has 3 rings (SSSR count). The molecule has 0 saturated carbocycles. The molecule has 0 atom stereocenters. The van der Waals surface area contributed by atoms with Crippen molar-refractivity contribution in [2.24, 2.45) is 10.2 Å². The van der Waals surface area contributed by atoms with Gasteiger partial charge in [0, 0.05) is 23.8 Å². The Balaban J connectivity index is 0.00000243. The number of benzene rings is 1. The molecule has 2 aromatic rings. The second-order valence-corrected chi connectivity index (χ2v) is 7.83. The van der Waals surface area contributed by atoms with Crippen LogP contribution in [0.3, 0.4) is 0 Å². The van der Waals surface area contributed by atoms with Crippen molar-refractivity contribution >= 4 is 27.8 Å². The Morgan fingerprint density at radius 1 is 1.12 bits per heavy atom. The van der Waals surface area contributed by atoms with E-state index in [0.29, 0.717) is 5.13 Å². The van der Waals surface area contributed by atoms with Gasteiger partial charge < -0.3 is 26.4 Å². The maximum absolute atomic E-state index is 4.26. The average molecular weight is 438 g/mol. The monoisotopic (exact) mass is 437 g/mol. The molecule has 1 saturated heterocycles. The Morgan fingerprint density at radius 2 is 1.85 bits per heavy atom. The maximum atomic E-state index is 4.26. The molecule has 2 heterocycles. The first-order valence-corrected chi connectivity index (χ1v) is 10.1. The van der Waals surface area contributed by atoms with Gasteiger partial charge in [-0.2, -0.15) is 0 Å². The van der Waals surface area contributed by atoms with E-state index >= 15 is 0 Å². The summed E-state index contributed by atoms with van der Waals surface area (Å²) in [6, 6.07) is 8.37. The predicted octanol–water partition coefficient (Wildman–Crippen LogP) is 2.02. The third-order valence-electron chi connectivity index (χ3n) is 5.07. The molecule has 1 aromatic carbocycles. The summed E-state index contributed by atoms with van der Waals surface area (Å²) >= 11 is 1.49. The minimum Gasteiger partial charge on any atom is -1.00 e. The molecule has 0 aliphatic carbocycles. The quantitative estimate of drug-likeness (QED) is 0.490. The molecule has 1 aliphatic rings. The van der Waals surface area contributed by atoms with Crippen molar-refractivity contribution in [2.45, 2.75) is 26.2 Å². The van der Waals surface area contributed by atoms with Crippen LogP contribution < -0.4 is 21.9 Å². The third-order valence-corrected chi connectivity index (χ3v) is 5.73. The van der Waals surface area contributed by atoms with Gasteiger partial charge in [-0.25, -0.2) is 4.98 Å². The van der Waals surface area contributed by atoms with Gasteiger partial charge in [0.25, 0.3) is 0 Å². The largest absolute Gasteiger partial charge is 1.00 e. The van der Waals surface area contributed by atoms with Crippen LogP contribution >= 0.6 is 11.3 Å². The summed E-state index contributed by atoms with van der Waals surface area (Å²) in [6.07, 6.45) is 5.90. The summed E-state index contributed by atoms with van der Waals surface area (Å²) in [7, 11) is 2.41. The molecule has 0 spiro atoms. The number of azo groups is 1. The molecule has 0 unspecified atom stereocenters. The van der Waals surface area contributed by atoms with Gasteiger partial charge in [0.1, 0.15) is 0 Å². The van der Waals surface area contributed by atoms with E-state index in [0.717, 1.165) is 18.8 Å². The van der Waals surface area contributed by atoms with E-state index in [9.17, 15) is 0 Å². The Hall–Kier alpha value is -1.31. The topological polar surface area (TPSA) is 40.9 Å². The Kier molecular flexibility index (Phi) is 8.18. The van der Waals surface area contributed by atoms with Crippen molar-refractivity contribution in [3.8, 4) is 0 Å². The zero-order valence-electron chi connectivity index (χ0n) is 15.6. The molecule has 1 aromatic heterocycles. The highest BCUT2D eigenvalue weighted by atomic mass is 79.9. The predicted molar refractivity (Wildman–Crippen MR) is 105 cm³/mol. The molecule has 0 bridgehead atoms. The highest BCUT2D eigenvalue weighted by Crippen LogP contribution is 2.24. The van der Waals surface area contributed by atoms with Crippen LogP contribution in [0.5, 0.6) is 0 Å². The SMILES string of the molecule is CCN(CC[N+]1(C)CCCCC1)c1ccc(/N=N/c2nccs2)cc1.[Br-]. The summed E-state index contributed by atoms with van der Waals surface area (Å²) in [6.45, 7) is 8.24. The second-order valence-electron chi connectivity index (χ2n) is 6.96. The number of rotatable bonds is 7. The number of thiazole rings is 1. The van der Waals surface area contributed by atoms with E-state index in [1.165, 1.54) is 60.4 Å². The highest BCUT2D eigenvalue weighted by molar-refractivity contribution is 7.13. The summed E-state index contributed by atoms with van der Waals surface area (Å²) in [4.78, 5) is 6.57. The molecular weight excluding hydrogens is 410 g/mol. The summed E-state index contributed by atoms with van der Waals surface area (Å²) in [5.41, 5.74) is 2.13. The fraction of sp³-hybridized carbons (Fsp3) is 0.526. The summed E-state index contributed by atoms with van der Waals surface area (Å²) in [5, 5.41) is 11.0. The lowest BCUT2D eigenvalue weighted by Crippen LogP contribution is -3.00. The van der Waals surface area contributed by atoms with Crippen molar-refractivity contribution in [3.63, 3.8) is 0 Å². The first-order valence-electron chi connectivity index (χ1n) is 9.18. The second kappa shape index (κ2) is 10.1. The van der Waals surface area contributed by atoms with Gasteiger partial charge in [-0.3, -0.25) is 0 Å². The first-order chi connectivity index (χ1) is 12.2. The van der Waals surface area contributed by atoms with Gasteiger partial charge in [0.05, 0.1) is 38.9 Å². The lowest BCUT2D eigenvalue weighted by molar-refractivity contribution is -0.912. The lowest BCUT2D eigenvalue weighted by atomic mass is 10.1. The number of hydrogen-bond donors (Lipinski definition) is 0. The van der Waals surface area contributed by atoms with Crippen LogP contribution in [0, 0.1) is 0 Å². The molecule has 142 valence electrons. The van der Waals surface area contributed by atoms with Crippen LogP contribution in [0.1, 0.15) is 26.2 Å². The fourth-order valence-electron chi connectivity index (χ4n) is 3.43. The molecule has 1 fully saturated rings. The van der Waals surface area contributed by atoms with E-state index in [1.54, 1.807) is 6.20 Å². The van der Waals surface area contributed by atoms with Gasteiger partial charge in [-0.15, -0.1) is 21.6 Å². The molecular formula is C19H28BrN5S. The van der Waals surface area contributed by atoms with Crippen LogP contribution in [-0.2, 0) is 0 Å². The molecule has 0 N–H and O–H groups in total. The Morgan fingerprint density at radius 3 is 2.46 bits per heavy atom. The van der Waals surface area contributed by atoms with E-state index in [-0.39, 0.29) is 17.0 Å². The number of likely N-dealkylation sites (N-methyl/N-ethyl adjacent to an activating group) is 2. The van der Waals surface area contributed by atoms with Crippen LogP contribution in [0.4, 0.5) is 16.5 Å². The van der Waals surface area contributed by atoms with Crippen LogP contribution in [0.25, 0.3) is 0 Å². The number of anilines is 1. The lowest BCUT2D eigenvalue weighted by Gasteiger charge is -2.39. The van der Waals surface area contributed by atoms with E-state index in [1.807, 2.05) is 17.5 Å². The number of halogens is 1. The average Bonchev–Trinajstić information content (AvgIpc) is 3.16. The number of aromatic nitrogens is 1. The zero-order chi connectivity index (χ0) is 17.5. The summed E-state index contributed by atoms with van der Waals surface area (Å²) in [5.74, 6) is 0. The van der Waals surface area contributed by atoms with Crippen LogP contribution in [0.2, 0.25) is 0 Å². The van der Waals surface area contributed by atoms with Crippen LogP contribution in [0.15, 0.2) is 46.1 Å². The molecule has 1 aliphatic heterocycles. The van der Waals surface area contributed by atoms with Gasteiger partial charge in [0.15, 0.2) is 0 Å². The number of nitrogens with zero attached hydrogens (tertiary/aromatic N) is 5. The molecule has 7 heteroatoms. The number of likely N-dealkylation sites (tertiary alicyclic amines) is 1. The molecule has 0 radical (unpaired) electrons. The van der Waals surface area contributed by atoms with Gasteiger partial charge in [-0.1, -0.05) is 0 Å². The zero-order valence-corrected chi connectivity index (χ0v) is 18.0. The van der Waals surface area contributed by atoms with Crippen molar-refractivity contribution in [1.82, 2.24) is 4.98 Å². The number of piperidine rings is 1. The standard InChI is InChI=1S/C19H28N5S.BrH/c1-3-23(12-15-24(2)13-5-4-6-14-24)18-9-7-17(8-10-18)21-22-19-20-11-16-25-19;/h7-11,16H,3-6,12-15H2,1-2H3;1H/q+1;/p-1/b22-21+;.